The molecule has 0 aromatic carbocycles. The molecule has 0 aromatic heterocycles. The number of rotatable bonds is 3. The summed E-state index contributed by atoms with van der Waals surface area (Å²) in [7, 11) is 0. The molecule has 0 amide bonds. The van der Waals surface area contributed by atoms with Crippen LogP contribution >= 0.6 is 0 Å². The zero-order valence-corrected chi connectivity index (χ0v) is 9.56. The molecule has 76 valence electrons. The third-order valence-electron chi connectivity index (χ3n) is 3.06. The third-order valence-corrected chi connectivity index (χ3v) is 3.06. The topological polar surface area (TPSA) is 3.24 Å². The smallest absolute Gasteiger partial charge is 0.0374 e. The van der Waals surface area contributed by atoms with Gasteiger partial charge >= 0.3 is 0 Å². The van der Waals surface area contributed by atoms with E-state index in [1.807, 2.05) is 0 Å². The largest absolute Gasteiger partial charge is 0.370 e. The van der Waals surface area contributed by atoms with E-state index in [4.69, 9.17) is 0 Å². The Hall–Kier alpha value is -0.460. The quantitative estimate of drug-likeness (QED) is 0.645. The lowest BCUT2D eigenvalue weighted by Crippen LogP contribution is -2.40. The van der Waals surface area contributed by atoms with E-state index in [2.05, 4.69) is 39.2 Å². The molecule has 13 heavy (non-hydrogen) atoms. The van der Waals surface area contributed by atoms with E-state index in [-0.39, 0.29) is 0 Å². The van der Waals surface area contributed by atoms with Gasteiger partial charge in [0.2, 0.25) is 0 Å². The molecule has 0 radical (unpaired) electrons. The van der Waals surface area contributed by atoms with E-state index >= 15 is 0 Å². The van der Waals surface area contributed by atoms with Gasteiger partial charge in [-0.2, -0.15) is 0 Å². The van der Waals surface area contributed by atoms with E-state index in [0.717, 1.165) is 5.92 Å². The molecule has 1 atom stereocenters. The van der Waals surface area contributed by atoms with Crippen molar-refractivity contribution < 1.29 is 0 Å². The monoisotopic (exact) mass is 181 g/mol. The average Bonchev–Trinajstić information content (AvgIpc) is 2.28. The van der Waals surface area contributed by atoms with Crippen molar-refractivity contribution in [3.8, 4) is 0 Å². The Balaban J connectivity index is 2.69. The molecule has 0 saturated carbocycles. The van der Waals surface area contributed by atoms with E-state index in [0.29, 0.717) is 5.54 Å². The molecule has 1 aliphatic rings. The average molecular weight is 181 g/mol. The summed E-state index contributed by atoms with van der Waals surface area (Å²) in [5.74, 6) is 0.782. The van der Waals surface area contributed by atoms with E-state index in [1.165, 1.54) is 31.5 Å². The fourth-order valence-corrected chi connectivity index (χ4v) is 2.77. The van der Waals surface area contributed by atoms with Gasteiger partial charge in [0.15, 0.2) is 0 Å². The number of hydrogen-bond donors (Lipinski definition) is 0. The standard InChI is InChI=1S/C12H23N/c1-10(2)9-12(5)7-6-8-13(12)11(3)4/h10H,3,6-9H2,1-2,4-5H3. The summed E-state index contributed by atoms with van der Waals surface area (Å²) < 4.78 is 0. The van der Waals surface area contributed by atoms with Gasteiger partial charge in [0.05, 0.1) is 0 Å². The van der Waals surface area contributed by atoms with Crippen LogP contribution in [0, 0.1) is 5.92 Å². The van der Waals surface area contributed by atoms with Gasteiger partial charge in [-0.05, 0) is 39.0 Å². The van der Waals surface area contributed by atoms with Gasteiger partial charge in [0, 0.05) is 17.8 Å². The highest BCUT2D eigenvalue weighted by Gasteiger charge is 2.36. The molecule has 1 nitrogen and oxygen atoms in total. The Morgan fingerprint density at radius 1 is 1.54 bits per heavy atom. The highest BCUT2D eigenvalue weighted by molar-refractivity contribution is 5.03. The molecule has 0 aliphatic carbocycles. The first-order valence-electron chi connectivity index (χ1n) is 5.39. The highest BCUT2D eigenvalue weighted by Crippen LogP contribution is 2.36. The van der Waals surface area contributed by atoms with Crippen LogP contribution in [0.5, 0.6) is 0 Å². The number of allylic oxidation sites excluding steroid dienone is 1. The van der Waals surface area contributed by atoms with Crippen LogP contribution in [0.4, 0.5) is 0 Å². The van der Waals surface area contributed by atoms with Crippen molar-refractivity contribution in [1.29, 1.82) is 0 Å². The maximum absolute atomic E-state index is 4.07. The van der Waals surface area contributed by atoms with Gasteiger partial charge in [0.1, 0.15) is 0 Å². The summed E-state index contributed by atoms with van der Waals surface area (Å²) in [6, 6.07) is 0. The Labute approximate surface area is 82.8 Å². The number of likely N-dealkylation sites (tertiary alicyclic amines) is 1. The molecular formula is C12H23N. The molecular weight excluding hydrogens is 158 g/mol. The molecule has 0 aromatic rings. The first-order chi connectivity index (χ1) is 5.96. The molecule has 1 heteroatoms. The number of nitrogens with zero attached hydrogens (tertiary/aromatic N) is 1. The Morgan fingerprint density at radius 3 is 2.62 bits per heavy atom. The summed E-state index contributed by atoms with van der Waals surface area (Å²) >= 11 is 0. The molecule has 1 unspecified atom stereocenters. The third kappa shape index (κ3) is 2.26. The van der Waals surface area contributed by atoms with E-state index in [1.54, 1.807) is 0 Å². The van der Waals surface area contributed by atoms with Crippen molar-refractivity contribution in [2.45, 2.75) is 52.5 Å². The van der Waals surface area contributed by atoms with E-state index < -0.39 is 0 Å². The minimum absolute atomic E-state index is 0.389. The van der Waals surface area contributed by atoms with Gasteiger partial charge < -0.3 is 4.90 Å². The summed E-state index contributed by atoms with van der Waals surface area (Å²) in [6.07, 6.45) is 3.95. The molecule has 1 saturated heterocycles. The molecule has 0 spiro atoms. The summed E-state index contributed by atoms with van der Waals surface area (Å²) in [5, 5.41) is 0. The first kappa shape index (κ1) is 10.6. The van der Waals surface area contributed by atoms with Crippen LogP contribution in [0.2, 0.25) is 0 Å². The molecule has 1 heterocycles. The van der Waals surface area contributed by atoms with Crippen LogP contribution in [0.3, 0.4) is 0 Å². The SMILES string of the molecule is C=C(C)N1CCCC1(C)CC(C)C. The van der Waals surface area contributed by atoms with E-state index in [9.17, 15) is 0 Å². The number of hydrogen-bond acceptors (Lipinski definition) is 1. The van der Waals surface area contributed by atoms with Gasteiger partial charge in [-0.3, -0.25) is 0 Å². The van der Waals surface area contributed by atoms with Crippen LogP contribution in [-0.2, 0) is 0 Å². The Bertz CT molecular complexity index is 195. The van der Waals surface area contributed by atoms with Gasteiger partial charge in [0.25, 0.3) is 0 Å². The van der Waals surface area contributed by atoms with Crippen molar-refractivity contribution in [3.63, 3.8) is 0 Å². The van der Waals surface area contributed by atoms with Crippen molar-refractivity contribution in [3.05, 3.63) is 12.3 Å². The molecule has 1 rings (SSSR count). The summed E-state index contributed by atoms with van der Waals surface area (Å²) in [4.78, 5) is 2.49. The lowest BCUT2D eigenvalue weighted by Gasteiger charge is -2.38. The lowest BCUT2D eigenvalue weighted by molar-refractivity contribution is 0.172. The van der Waals surface area contributed by atoms with Crippen LogP contribution in [0.1, 0.15) is 47.0 Å². The van der Waals surface area contributed by atoms with Gasteiger partial charge in [-0.25, -0.2) is 0 Å². The van der Waals surface area contributed by atoms with Gasteiger partial charge in [-0.1, -0.05) is 20.4 Å². The highest BCUT2D eigenvalue weighted by atomic mass is 15.2. The zero-order valence-electron chi connectivity index (χ0n) is 9.56. The van der Waals surface area contributed by atoms with Crippen LogP contribution in [0.15, 0.2) is 12.3 Å². The van der Waals surface area contributed by atoms with Crippen molar-refractivity contribution in [2.24, 2.45) is 5.92 Å². The zero-order chi connectivity index (χ0) is 10.1. The second-order valence-electron chi connectivity index (χ2n) is 5.09. The predicted molar refractivity (Wildman–Crippen MR) is 58.6 cm³/mol. The molecule has 0 bridgehead atoms. The first-order valence-corrected chi connectivity index (χ1v) is 5.39. The van der Waals surface area contributed by atoms with Crippen molar-refractivity contribution >= 4 is 0 Å². The predicted octanol–water partition coefficient (Wildman–Crippen LogP) is 3.42. The second-order valence-corrected chi connectivity index (χ2v) is 5.09. The normalized spacial score (nSPS) is 28.5. The fourth-order valence-electron chi connectivity index (χ4n) is 2.77. The van der Waals surface area contributed by atoms with Crippen LogP contribution in [-0.4, -0.2) is 17.0 Å². The molecule has 1 aliphatic heterocycles. The van der Waals surface area contributed by atoms with Crippen molar-refractivity contribution in [1.82, 2.24) is 4.90 Å². The Morgan fingerprint density at radius 2 is 2.15 bits per heavy atom. The van der Waals surface area contributed by atoms with Crippen LogP contribution < -0.4 is 0 Å². The summed E-state index contributed by atoms with van der Waals surface area (Å²) in [6.45, 7) is 14.4. The minimum Gasteiger partial charge on any atom is -0.370 e. The molecule has 0 N–H and O–H groups in total. The van der Waals surface area contributed by atoms with Gasteiger partial charge in [-0.15, -0.1) is 0 Å². The minimum atomic E-state index is 0.389. The fraction of sp³-hybridized carbons (Fsp3) is 0.833. The Kier molecular flexibility index (Phi) is 3.05. The van der Waals surface area contributed by atoms with Crippen molar-refractivity contribution in [2.75, 3.05) is 6.54 Å². The second kappa shape index (κ2) is 3.73. The molecule has 1 fully saturated rings. The maximum atomic E-state index is 4.07. The maximum Gasteiger partial charge on any atom is 0.0374 e. The lowest BCUT2D eigenvalue weighted by atomic mass is 9.88. The van der Waals surface area contributed by atoms with Crippen LogP contribution in [0.25, 0.3) is 0 Å². The summed E-state index contributed by atoms with van der Waals surface area (Å²) in [5.41, 5.74) is 1.63.